The van der Waals surface area contributed by atoms with Gasteiger partial charge in [0, 0.05) is 26.2 Å². The molecule has 3 atom stereocenters. The number of nitrogens with one attached hydrogen (secondary N) is 2. The Balaban J connectivity index is 1.68. The van der Waals surface area contributed by atoms with Gasteiger partial charge in [0.25, 0.3) is 0 Å². The van der Waals surface area contributed by atoms with Crippen molar-refractivity contribution >= 4 is 29.2 Å². The summed E-state index contributed by atoms with van der Waals surface area (Å²) in [5.74, 6) is 0. The van der Waals surface area contributed by atoms with Crippen LogP contribution in [0.1, 0.15) is 38.2 Å². The van der Waals surface area contributed by atoms with Crippen molar-refractivity contribution in [3.05, 3.63) is 47.5 Å². The predicted molar refractivity (Wildman–Crippen MR) is 130 cm³/mol. The van der Waals surface area contributed by atoms with Gasteiger partial charge in [0.2, 0.25) is 0 Å². The minimum Gasteiger partial charge on any atom is -0.330 e. The average molecular weight is 467 g/mol. The van der Waals surface area contributed by atoms with Gasteiger partial charge in [-0.3, -0.25) is 0 Å². The molecule has 3 rings (SSSR count). The molecule has 1 fully saturated rings. The van der Waals surface area contributed by atoms with Gasteiger partial charge in [0.15, 0.2) is 0 Å². The lowest BCUT2D eigenvalue weighted by Gasteiger charge is -2.40. The predicted octanol–water partition coefficient (Wildman–Crippen LogP) is 4.21. The van der Waals surface area contributed by atoms with Crippen molar-refractivity contribution in [3.63, 3.8) is 0 Å². The number of carbonyl (C=O) groups is 1. The molecule has 0 bridgehead atoms. The minimum atomic E-state index is -0.682. The second kappa shape index (κ2) is 11.0. The summed E-state index contributed by atoms with van der Waals surface area (Å²) in [6.45, 7) is 5.33. The zero-order valence-corrected chi connectivity index (χ0v) is 20.4. The highest BCUT2D eigenvalue weighted by Gasteiger charge is 2.41. The van der Waals surface area contributed by atoms with Crippen molar-refractivity contribution in [1.29, 1.82) is 0 Å². The maximum Gasteiger partial charge on any atom is 0.317 e. The highest BCUT2D eigenvalue weighted by Crippen LogP contribution is 2.40. The van der Waals surface area contributed by atoms with Gasteiger partial charge in [-0.2, -0.15) is 0 Å². The van der Waals surface area contributed by atoms with Crippen LogP contribution in [-0.4, -0.2) is 71.9 Å². The smallest absolute Gasteiger partial charge is 0.317 e. The van der Waals surface area contributed by atoms with Crippen molar-refractivity contribution in [2.75, 3.05) is 33.7 Å². The molecule has 7 heteroatoms. The van der Waals surface area contributed by atoms with Gasteiger partial charge < -0.3 is 20.4 Å². The SMILES string of the molecule is CN1CCC(N(C)C(=O)NC(CNCc2ccccc2)C2=CCCC(Cl)C2(C)Cl)CC1. The third-order valence-corrected chi connectivity index (χ3v) is 7.93. The number of piperidine rings is 1. The summed E-state index contributed by atoms with van der Waals surface area (Å²) in [5, 5.41) is 6.60. The van der Waals surface area contributed by atoms with E-state index in [0.29, 0.717) is 6.54 Å². The van der Waals surface area contributed by atoms with Crippen LogP contribution in [0.3, 0.4) is 0 Å². The summed E-state index contributed by atoms with van der Waals surface area (Å²) in [6, 6.07) is 10.3. The average Bonchev–Trinajstić information content (AvgIpc) is 2.76. The molecule has 5 nitrogen and oxygen atoms in total. The Hall–Kier alpha value is -1.27. The second-order valence-electron chi connectivity index (χ2n) is 9.04. The highest BCUT2D eigenvalue weighted by molar-refractivity contribution is 6.34. The zero-order valence-electron chi connectivity index (χ0n) is 18.9. The molecule has 0 aromatic heterocycles. The fourth-order valence-corrected chi connectivity index (χ4v) is 5.08. The third kappa shape index (κ3) is 6.38. The number of halogens is 2. The number of hydrogen-bond acceptors (Lipinski definition) is 3. The maximum absolute atomic E-state index is 13.2. The Morgan fingerprint density at radius 1 is 1.26 bits per heavy atom. The molecule has 3 unspecified atom stereocenters. The lowest BCUT2D eigenvalue weighted by atomic mass is 9.83. The fourth-order valence-electron chi connectivity index (χ4n) is 4.51. The van der Waals surface area contributed by atoms with Gasteiger partial charge in [-0.1, -0.05) is 36.4 Å². The number of rotatable bonds is 7. The van der Waals surface area contributed by atoms with Crippen LogP contribution in [0.4, 0.5) is 4.79 Å². The Bertz CT molecular complexity index is 747. The summed E-state index contributed by atoms with van der Waals surface area (Å²) >= 11 is 13.5. The normalized spacial score (nSPS) is 26.2. The topological polar surface area (TPSA) is 47.6 Å². The Kier molecular flexibility index (Phi) is 8.68. The molecule has 1 aromatic rings. The summed E-state index contributed by atoms with van der Waals surface area (Å²) < 4.78 is 0. The Morgan fingerprint density at radius 2 is 1.94 bits per heavy atom. The zero-order chi connectivity index (χ0) is 22.4. The van der Waals surface area contributed by atoms with Crippen molar-refractivity contribution in [3.8, 4) is 0 Å². The van der Waals surface area contributed by atoms with E-state index >= 15 is 0 Å². The molecule has 1 aliphatic carbocycles. The largest absolute Gasteiger partial charge is 0.330 e. The summed E-state index contributed by atoms with van der Waals surface area (Å²) in [5.41, 5.74) is 2.21. The molecule has 0 radical (unpaired) electrons. The molecule has 2 aliphatic rings. The first-order chi connectivity index (χ1) is 14.8. The van der Waals surface area contributed by atoms with Gasteiger partial charge in [0.05, 0.1) is 16.3 Å². The lowest BCUT2D eigenvalue weighted by Crippen LogP contribution is -2.55. The summed E-state index contributed by atoms with van der Waals surface area (Å²) in [7, 11) is 4.03. The van der Waals surface area contributed by atoms with E-state index in [2.05, 4.69) is 40.8 Å². The standard InChI is InChI=1S/C24H36Cl2N4O/c1-24(26)20(10-7-11-22(24)25)21(17-27-16-18-8-5-4-6-9-18)28-23(31)30(3)19-12-14-29(2)15-13-19/h4-6,8-10,19,21-22,27H,7,11-17H2,1-3H3,(H,28,31). The van der Waals surface area contributed by atoms with Crippen LogP contribution in [0.15, 0.2) is 42.0 Å². The van der Waals surface area contributed by atoms with E-state index in [9.17, 15) is 4.79 Å². The molecule has 1 aromatic carbocycles. The van der Waals surface area contributed by atoms with Gasteiger partial charge in [-0.25, -0.2) is 4.79 Å². The van der Waals surface area contributed by atoms with Crippen LogP contribution in [0.5, 0.6) is 0 Å². The number of hydrogen-bond donors (Lipinski definition) is 2. The van der Waals surface area contributed by atoms with E-state index in [4.69, 9.17) is 23.2 Å². The van der Waals surface area contributed by atoms with Crippen molar-refractivity contribution in [1.82, 2.24) is 20.4 Å². The molecule has 31 heavy (non-hydrogen) atoms. The Morgan fingerprint density at radius 3 is 2.61 bits per heavy atom. The highest BCUT2D eigenvalue weighted by atomic mass is 35.5. The first kappa shape index (κ1) is 24.4. The number of alkyl halides is 2. The van der Waals surface area contributed by atoms with Crippen LogP contribution < -0.4 is 10.6 Å². The quantitative estimate of drug-likeness (QED) is 0.467. The number of likely N-dealkylation sites (tertiary alicyclic amines) is 1. The molecule has 0 saturated carbocycles. The van der Waals surface area contributed by atoms with Crippen LogP contribution in [-0.2, 0) is 6.54 Å². The van der Waals surface area contributed by atoms with Crippen LogP contribution in [0, 0.1) is 0 Å². The number of nitrogens with zero attached hydrogens (tertiary/aromatic N) is 2. The molecular formula is C24H36Cl2N4O. The maximum atomic E-state index is 13.2. The monoisotopic (exact) mass is 466 g/mol. The van der Waals surface area contributed by atoms with E-state index in [1.165, 1.54) is 5.56 Å². The van der Waals surface area contributed by atoms with E-state index < -0.39 is 4.87 Å². The van der Waals surface area contributed by atoms with Crippen LogP contribution in [0.25, 0.3) is 0 Å². The van der Waals surface area contributed by atoms with Crippen LogP contribution in [0.2, 0.25) is 0 Å². The lowest BCUT2D eigenvalue weighted by molar-refractivity contribution is 0.146. The molecule has 172 valence electrons. The van der Waals surface area contributed by atoms with Crippen LogP contribution >= 0.6 is 23.2 Å². The molecule has 2 N–H and O–H groups in total. The molecule has 0 spiro atoms. The number of urea groups is 1. The number of benzene rings is 1. The molecule has 2 amide bonds. The van der Waals surface area contributed by atoms with E-state index in [1.54, 1.807) is 0 Å². The fraction of sp³-hybridized carbons (Fsp3) is 0.625. The first-order valence-electron chi connectivity index (χ1n) is 11.3. The minimum absolute atomic E-state index is 0.0499. The van der Waals surface area contributed by atoms with Crippen molar-refractivity contribution in [2.24, 2.45) is 0 Å². The van der Waals surface area contributed by atoms with Gasteiger partial charge >= 0.3 is 6.03 Å². The van der Waals surface area contributed by atoms with E-state index in [-0.39, 0.29) is 23.5 Å². The van der Waals surface area contributed by atoms with E-state index in [0.717, 1.165) is 50.9 Å². The first-order valence-corrected chi connectivity index (χ1v) is 12.1. The second-order valence-corrected chi connectivity index (χ2v) is 10.4. The molecular weight excluding hydrogens is 431 g/mol. The van der Waals surface area contributed by atoms with Gasteiger partial charge in [-0.15, -0.1) is 23.2 Å². The Labute approximate surface area is 197 Å². The molecule has 1 saturated heterocycles. The molecule has 1 heterocycles. The number of carbonyl (C=O) groups excluding carboxylic acids is 1. The third-order valence-electron chi connectivity index (χ3n) is 6.69. The van der Waals surface area contributed by atoms with Crippen molar-refractivity contribution < 1.29 is 4.79 Å². The summed E-state index contributed by atoms with van der Waals surface area (Å²) in [4.78, 5) is 16.7. The number of allylic oxidation sites excluding steroid dienone is 1. The van der Waals surface area contributed by atoms with Gasteiger partial charge in [0.1, 0.15) is 0 Å². The molecule has 1 aliphatic heterocycles. The van der Waals surface area contributed by atoms with Gasteiger partial charge in [-0.05, 0) is 63.9 Å². The number of amides is 2. The van der Waals surface area contributed by atoms with Crippen molar-refractivity contribution in [2.45, 2.75) is 61.5 Å². The summed E-state index contributed by atoms with van der Waals surface area (Å²) in [6.07, 6.45) is 5.88. The van der Waals surface area contributed by atoms with E-state index in [1.807, 2.05) is 37.1 Å².